The van der Waals surface area contributed by atoms with Gasteiger partial charge in [0.2, 0.25) is 0 Å². The first-order chi connectivity index (χ1) is 14.8. The van der Waals surface area contributed by atoms with E-state index >= 15 is 0 Å². The predicted molar refractivity (Wildman–Crippen MR) is 126 cm³/mol. The van der Waals surface area contributed by atoms with Gasteiger partial charge in [0, 0.05) is 36.9 Å². The first kappa shape index (κ1) is 21.9. The molecule has 0 spiro atoms. The van der Waals surface area contributed by atoms with Crippen molar-refractivity contribution >= 4 is 17.7 Å². The Kier molecular flexibility index (Phi) is 6.61. The van der Waals surface area contributed by atoms with Crippen molar-refractivity contribution < 1.29 is 4.79 Å². The van der Waals surface area contributed by atoms with Crippen molar-refractivity contribution in [3.8, 4) is 11.8 Å². The standard InChI is InChI=1S/C26H28N4O/c1-18-15-22(20(3)30(18)25-13-11-24(12-14-25)29(4)5)16-23(17-27)26(31)28-19(2)21-9-7-6-8-10-21/h6-16,19H,1-5H3,(H,28,31)/b23-16-/t19-/m0/s1. The predicted octanol–water partition coefficient (Wildman–Crippen LogP) is 4.94. The second-order valence-corrected chi connectivity index (χ2v) is 7.85. The van der Waals surface area contributed by atoms with Gasteiger partial charge in [-0.25, -0.2) is 0 Å². The highest BCUT2D eigenvalue weighted by molar-refractivity contribution is 6.02. The number of hydrogen-bond acceptors (Lipinski definition) is 3. The molecule has 0 fully saturated rings. The number of nitriles is 1. The maximum absolute atomic E-state index is 12.7. The van der Waals surface area contributed by atoms with Gasteiger partial charge in [-0.1, -0.05) is 30.3 Å². The van der Waals surface area contributed by atoms with E-state index in [1.165, 1.54) is 0 Å². The summed E-state index contributed by atoms with van der Waals surface area (Å²) in [5.74, 6) is -0.376. The maximum Gasteiger partial charge on any atom is 0.262 e. The molecule has 5 nitrogen and oxygen atoms in total. The smallest absolute Gasteiger partial charge is 0.262 e. The van der Waals surface area contributed by atoms with E-state index in [0.717, 1.165) is 33.9 Å². The van der Waals surface area contributed by atoms with Crippen molar-refractivity contribution in [2.24, 2.45) is 0 Å². The fourth-order valence-corrected chi connectivity index (χ4v) is 3.63. The number of aryl methyl sites for hydroxylation is 1. The third kappa shape index (κ3) is 4.87. The van der Waals surface area contributed by atoms with Crippen molar-refractivity contribution in [3.05, 3.63) is 88.8 Å². The molecule has 0 aliphatic rings. The highest BCUT2D eigenvalue weighted by atomic mass is 16.1. The van der Waals surface area contributed by atoms with E-state index in [1.54, 1.807) is 6.08 Å². The minimum absolute atomic E-state index is 0.0889. The molecule has 3 aromatic rings. The van der Waals surface area contributed by atoms with Crippen molar-refractivity contribution in [2.45, 2.75) is 26.8 Å². The molecule has 1 atom stereocenters. The Morgan fingerprint density at radius 1 is 1.10 bits per heavy atom. The molecule has 0 unspecified atom stereocenters. The van der Waals surface area contributed by atoms with Crippen LogP contribution in [0.1, 0.15) is 35.5 Å². The number of anilines is 1. The van der Waals surface area contributed by atoms with Crippen LogP contribution < -0.4 is 10.2 Å². The number of nitrogens with one attached hydrogen (secondary N) is 1. The zero-order valence-corrected chi connectivity index (χ0v) is 18.7. The Morgan fingerprint density at radius 3 is 2.32 bits per heavy atom. The number of rotatable bonds is 6. The third-order valence-electron chi connectivity index (χ3n) is 5.41. The summed E-state index contributed by atoms with van der Waals surface area (Å²) in [6.45, 7) is 5.93. The highest BCUT2D eigenvalue weighted by Gasteiger charge is 2.16. The Bertz CT molecular complexity index is 1130. The van der Waals surface area contributed by atoms with E-state index in [1.807, 2.05) is 71.3 Å². The summed E-state index contributed by atoms with van der Waals surface area (Å²) in [7, 11) is 4.02. The normalized spacial score (nSPS) is 12.2. The quantitative estimate of drug-likeness (QED) is 0.461. The fourth-order valence-electron chi connectivity index (χ4n) is 3.63. The average Bonchev–Trinajstić information content (AvgIpc) is 3.05. The molecule has 31 heavy (non-hydrogen) atoms. The summed E-state index contributed by atoms with van der Waals surface area (Å²) >= 11 is 0. The molecule has 158 valence electrons. The first-order valence-corrected chi connectivity index (χ1v) is 10.3. The van der Waals surface area contributed by atoms with Crippen LogP contribution in [0.3, 0.4) is 0 Å². The van der Waals surface area contributed by atoms with Crippen molar-refractivity contribution in [1.82, 2.24) is 9.88 Å². The minimum Gasteiger partial charge on any atom is -0.378 e. The summed E-state index contributed by atoms with van der Waals surface area (Å²) in [5, 5.41) is 12.5. The second kappa shape index (κ2) is 9.36. The molecule has 2 aromatic carbocycles. The van der Waals surface area contributed by atoms with Crippen LogP contribution in [0.15, 0.2) is 66.2 Å². The summed E-state index contributed by atoms with van der Waals surface area (Å²) in [6.07, 6.45) is 1.67. The molecule has 5 heteroatoms. The lowest BCUT2D eigenvalue weighted by Crippen LogP contribution is -2.27. The van der Waals surface area contributed by atoms with Crippen LogP contribution in [0.2, 0.25) is 0 Å². The van der Waals surface area contributed by atoms with Crippen LogP contribution in [-0.2, 0) is 4.79 Å². The van der Waals surface area contributed by atoms with Crippen LogP contribution in [0.5, 0.6) is 0 Å². The Hall–Kier alpha value is -3.78. The van der Waals surface area contributed by atoms with Crippen molar-refractivity contribution in [1.29, 1.82) is 5.26 Å². The number of aromatic nitrogens is 1. The molecule has 0 saturated heterocycles. The van der Waals surface area contributed by atoms with E-state index in [9.17, 15) is 10.1 Å². The maximum atomic E-state index is 12.7. The van der Waals surface area contributed by atoms with Gasteiger partial charge < -0.3 is 14.8 Å². The van der Waals surface area contributed by atoms with Gasteiger partial charge in [0.25, 0.3) is 5.91 Å². The molecule has 0 radical (unpaired) electrons. The number of benzene rings is 2. The third-order valence-corrected chi connectivity index (χ3v) is 5.41. The lowest BCUT2D eigenvalue weighted by Gasteiger charge is -2.15. The SMILES string of the molecule is Cc1cc(/C=C(/C#N)C(=O)N[C@@H](C)c2ccccc2)c(C)n1-c1ccc(N(C)C)cc1. The number of carbonyl (C=O) groups is 1. The monoisotopic (exact) mass is 412 g/mol. The molecule has 3 rings (SSSR count). The summed E-state index contributed by atoms with van der Waals surface area (Å²) in [6, 6.07) is 21.9. The van der Waals surface area contributed by atoms with Gasteiger partial charge >= 0.3 is 0 Å². The summed E-state index contributed by atoms with van der Waals surface area (Å²) < 4.78 is 2.13. The molecule has 0 bridgehead atoms. The molecule has 1 N–H and O–H groups in total. The van der Waals surface area contributed by atoms with Crippen LogP contribution in [0.4, 0.5) is 5.69 Å². The number of hydrogen-bond donors (Lipinski definition) is 1. The molecular formula is C26H28N4O. The van der Waals surface area contributed by atoms with Crippen molar-refractivity contribution in [3.63, 3.8) is 0 Å². The van der Waals surface area contributed by atoms with Crippen LogP contribution >= 0.6 is 0 Å². The molecule has 0 aliphatic heterocycles. The zero-order valence-electron chi connectivity index (χ0n) is 18.7. The minimum atomic E-state index is -0.376. The van der Waals surface area contributed by atoms with Gasteiger partial charge in [0.1, 0.15) is 11.6 Å². The molecule has 0 aliphatic carbocycles. The number of carbonyl (C=O) groups excluding carboxylic acids is 1. The molecule has 1 aromatic heterocycles. The van der Waals surface area contributed by atoms with Gasteiger partial charge in [-0.15, -0.1) is 0 Å². The Balaban J connectivity index is 1.87. The Labute approximate surface area is 184 Å². The molecule has 1 heterocycles. The van der Waals surface area contributed by atoms with E-state index in [4.69, 9.17) is 0 Å². The average molecular weight is 413 g/mol. The molecular weight excluding hydrogens is 384 g/mol. The van der Waals surface area contributed by atoms with Gasteiger partial charge in [-0.2, -0.15) is 5.26 Å². The topological polar surface area (TPSA) is 61.1 Å². The Morgan fingerprint density at radius 2 is 1.74 bits per heavy atom. The van der Waals surface area contributed by atoms with E-state index in [2.05, 4.69) is 45.1 Å². The lowest BCUT2D eigenvalue weighted by atomic mass is 10.1. The number of nitrogens with zero attached hydrogens (tertiary/aromatic N) is 3. The zero-order chi connectivity index (χ0) is 22.5. The van der Waals surface area contributed by atoms with Crippen LogP contribution in [0.25, 0.3) is 11.8 Å². The second-order valence-electron chi connectivity index (χ2n) is 7.85. The highest BCUT2D eigenvalue weighted by Crippen LogP contribution is 2.24. The molecule has 0 saturated carbocycles. The van der Waals surface area contributed by atoms with E-state index in [0.29, 0.717) is 0 Å². The van der Waals surface area contributed by atoms with Crippen LogP contribution in [-0.4, -0.2) is 24.6 Å². The van der Waals surface area contributed by atoms with Gasteiger partial charge in [-0.3, -0.25) is 4.79 Å². The largest absolute Gasteiger partial charge is 0.378 e. The summed E-state index contributed by atoms with van der Waals surface area (Å²) in [5.41, 5.74) is 6.12. The summed E-state index contributed by atoms with van der Waals surface area (Å²) in [4.78, 5) is 14.8. The first-order valence-electron chi connectivity index (χ1n) is 10.3. The van der Waals surface area contributed by atoms with Gasteiger partial charge in [-0.05, 0) is 68.3 Å². The van der Waals surface area contributed by atoms with E-state index < -0.39 is 0 Å². The van der Waals surface area contributed by atoms with E-state index in [-0.39, 0.29) is 17.5 Å². The fraction of sp³-hybridized carbons (Fsp3) is 0.231. The molecule has 1 amide bonds. The lowest BCUT2D eigenvalue weighted by molar-refractivity contribution is -0.117. The van der Waals surface area contributed by atoms with Crippen LogP contribution in [0, 0.1) is 25.2 Å². The van der Waals surface area contributed by atoms with Gasteiger partial charge in [0.15, 0.2) is 0 Å². The number of amides is 1. The van der Waals surface area contributed by atoms with Gasteiger partial charge in [0.05, 0.1) is 6.04 Å². The van der Waals surface area contributed by atoms with Crippen molar-refractivity contribution in [2.75, 3.05) is 19.0 Å².